The van der Waals surface area contributed by atoms with Crippen molar-refractivity contribution in [3.8, 4) is 0 Å². The number of imide groups is 1. The molecule has 0 bridgehead atoms. The van der Waals surface area contributed by atoms with Gasteiger partial charge in [0.15, 0.2) is 0 Å². The van der Waals surface area contributed by atoms with E-state index >= 15 is 0 Å². The second-order valence-corrected chi connectivity index (χ2v) is 10.2. The molecule has 0 radical (unpaired) electrons. The fraction of sp³-hybridized carbons (Fsp3) is 0.640. The van der Waals surface area contributed by atoms with Crippen molar-refractivity contribution >= 4 is 17.8 Å². The molecule has 3 aliphatic heterocycles. The highest BCUT2D eigenvalue weighted by Crippen LogP contribution is 2.32. The summed E-state index contributed by atoms with van der Waals surface area (Å²) in [5.41, 5.74) is 1.37. The van der Waals surface area contributed by atoms with Gasteiger partial charge in [-0.2, -0.15) is 0 Å². The Morgan fingerprint density at radius 2 is 1.94 bits per heavy atom. The lowest BCUT2D eigenvalue weighted by Gasteiger charge is -2.39. The van der Waals surface area contributed by atoms with Crippen molar-refractivity contribution in [1.29, 1.82) is 0 Å². The zero-order valence-electron chi connectivity index (χ0n) is 19.6. The summed E-state index contributed by atoms with van der Waals surface area (Å²) >= 11 is 0. The summed E-state index contributed by atoms with van der Waals surface area (Å²) in [6.45, 7) is 10.2. The first-order valence-corrected chi connectivity index (χ1v) is 12.0. The lowest BCUT2D eigenvalue weighted by atomic mass is 9.86. The summed E-state index contributed by atoms with van der Waals surface area (Å²) in [4.78, 5) is 44.9. The van der Waals surface area contributed by atoms with Crippen molar-refractivity contribution in [2.24, 2.45) is 5.92 Å². The molecular weight excluding hydrogens is 404 g/mol. The smallest absolute Gasteiger partial charge is 0.325 e. The number of benzene rings is 1. The van der Waals surface area contributed by atoms with Gasteiger partial charge in [0.05, 0.1) is 12.5 Å². The van der Waals surface area contributed by atoms with E-state index in [1.807, 2.05) is 36.1 Å². The molecule has 3 heterocycles. The van der Waals surface area contributed by atoms with Crippen LogP contribution in [0, 0.1) is 12.8 Å². The number of amides is 4. The first-order valence-electron chi connectivity index (χ1n) is 12.0. The van der Waals surface area contributed by atoms with Crippen LogP contribution in [0.25, 0.3) is 0 Å². The molecule has 0 aromatic heterocycles. The third-order valence-electron chi connectivity index (χ3n) is 7.08. The van der Waals surface area contributed by atoms with Crippen LogP contribution in [-0.4, -0.2) is 76.8 Å². The predicted molar refractivity (Wildman–Crippen MR) is 123 cm³/mol. The lowest BCUT2D eigenvalue weighted by molar-refractivity contribution is -0.139. The summed E-state index contributed by atoms with van der Waals surface area (Å²) < 4.78 is 0. The Balaban J connectivity index is 1.39. The number of carbonyl (C=O) groups excluding carboxylic acids is 3. The van der Waals surface area contributed by atoms with Crippen LogP contribution in [0.2, 0.25) is 0 Å². The van der Waals surface area contributed by atoms with Gasteiger partial charge in [0.25, 0.3) is 5.91 Å². The molecular formula is C25H36N4O3. The van der Waals surface area contributed by atoms with Gasteiger partial charge in [-0.1, -0.05) is 43.7 Å². The van der Waals surface area contributed by atoms with Gasteiger partial charge in [-0.05, 0) is 44.1 Å². The molecule has 0 aliphatic carbocycles. The summed E-state index contributed by atoms with van der Waals surface area (Å²) in [6.07, 6.45) is 3.22. The highest BCUT2D eigenvalue weighted by Gasteiger charge is 2.54. The van der Waals surface area contributed by atoms with Crippen molar-refractivity contribution in [3.63, 3.8) is 0 Å². The number of hydrogen-bond acceptors (Lipinski definition) is 4. The fourth-order valence-corrected chi connectivity index (χ4v) is 5.45. The van der Waals surface area contributed by atoms with Gasteiger partial charge in [-0.15, -0.1) is 0 Å². The van der Waals surface area contributed by atoms with E-state index in [0.717, 1.165) is 43.6 Å². The monoisotopic (exact) mass is 440 g/mol. The number of urea groups is 1. The molecule has 1 N–H and O–H groups in total. The molecule has 0 saturated carbocycles. The maximum absolute atomic E-state index is 13.4. The van der Waals surface area contributed by atoms with Gasteiger partial charge >= 0.3 is 6.03 Å². The first kappa shape index (κ1) is 22.8. The molecule has 3 aliphatic rings. The Morgan fingerprint density at radius 1 is 1.19 bits per heavy atom. The Kier molecular flexibility index (Phi) is 6.56. The summed E-state index contributed by atoms with van der Waals surface area (Å²) in [5, 5.41) is 3.04. The Morgan fingerprint density at radius 3 is 2.62 bits per heavy atom. The van der Waals surface area contributed by atoms with Crippen LogP contribution in [0.15, 0.2) is 24.3 Å². The standard InChI is InChI=1S/C25H36N4O3/c1-18(2)16-27-12-9-25(10-13-27)23(31)29(24(32)26-25)21-8-5-11-28(17-21)22(30)15-20-7-4-6-19(3)14-20/h4,6-7,14,18,21H,5,8-13,15-17H2,1-3H3,(H,26,32). The number of nitrogens with one attached hydrogen (secondary N) is 1. The van der Waals surface area contributed by atoms with Crippen molar-refractivity contribution < 1.29 is 14.4 Å². The van der Waals surface area contributed by atoms with E-state index in [-0.39, 0.29) is 23.9 Å². The van der Waals surface area contributed by atoms with E-state index in [4.69, 9.17) is 0 Å². The molecule has 7 nitrogen and oxygen atoms in total. The molecule has 1 aromatic carbocycles. The Bertz CT molecular complexity index is 876. The largest absolute Gasteiger partial charge is 0.340 e. The maximum atomic E-state index is 13.4. The predicted octanol–water partition coefficient (Wildman–Crippen LogP) is 2.57. The molecule has 1 spiro atoms. The van der Waals surface area contributed by atoms with Gasteiger partial charge < -0.3 is 15.1 Å². The van der Waals surface area contributed by atoms with Crippen LogP contribution < -0.4 is 5.32 Å². The number of rotatable bonds is 5. The van der Waals surface area contributed by atoms with E-state index in [1.54, 1.807) is 0 Å². The number of piperidine rings is 2. The number of hydrogen-bond donors (Lipinski definition) is 1. The first-order chi connectivity index (χ1) is 15.3. The van der Waals surface area contributed by atoms with Crippen molar-refractivity contribution in [3.05, 3.63) is 35.4 Å². The topological polar surface area (TPSA) is 73.0 Å². The van der Waals surface area contributed by atoms with Crippen LogP contribution in [0.3, 0.4) is 0 Å². The van der Waals surface area contributed by atoms with E-state index in [0.29, 0.717) is 38.3 Å². The minimum Gasteiger partial charge on any atom is -0.340 e. The van der Waals surface area contributed by atoms with Crippen LogP contribution >= 0.6 is 0 Å². The third-order valence-corrected chi connectivity index (χ3v) is 7.08. The molecule has 1 aromatic rings. The second-order valence-electron chi connectivity index (χ2n) is 10.2. The minimum absolute atomic E-state index is 0.0593. The van der Waals surface area contributed by atoms with Gasteiger partial charge in [0, 0.05) is 32.7 Å². The summed E-state index contributed by atoms with van der Waals surface area (Å²) in [6, 6.07) is 7.46. The molecule has 174 valence electrons. The fourth-order valence-electron chi connectivity index (χ4n) is 5.45. The average Bonchev–Trinajstić information content (AvgIpc) is 2.99. The number of nitrogens with zero attached hydrogens (tertiary/aromatic N) is 3. The van der Waals surface area contributed by atoms with Crippen LogP contribution in [0.4, 0.5) is 4.79 Å². The molecule has 4 rings (SSSR count). The van der Waals surface area contributed by atoms with Gasteiger partial charge in [-0.3, -0.25) is 14.5 Å². The van der Waals surface area contributed by atoms with Crippen molar-refractivity contribution in [1.82, 2.24) is 20.0 Å². The second kappa shape index (κ2) is 9.22. The van der Waals surface area contributed by atoms with E-state index in [9.17, 15) is 14.4 Å². The highest BCUT2D eigenvalue weighted by atomic mass is 16.2. The minimum atomic E-state index is -0.765. The average molecular weight is 441 g/mol. The Labute approximate surface area is 191 Å². The van der Waals surface area contributed by atoms with Crippen LogP contribution in [0.5, 0.6) is 0 Å². The molecule has 3 saturated heterocycles. The Hall–Kier alpha value is -2.41. The van der Waals surface area contributed by atoms with Crippen molar-refractivity contribution in [2.75, 3.05) is 32.7 Å². The quantitative estimate of drug-likeness (QED) is 0.715. The van der Waals surface area contributed by atoms with E-state index < -0.39 is 5.54 Å². The van der Waals surface area contributed by atoms with Crippen LogP contribution in [-0.2, 0) is 16.0 Å². The lowest BCUT2D eigenvalue weighted by Crippen LogP contribution is -2.56. The van der Waals surface area contributed by atoms with E-state index in [1.165, 1.54) is 4.90 Å². The normalized spacial score (nSPS) is 23.8. The molecule has 3 fully saturated rings. The third kappa shape index (κ3) is 4.68. The van der Waals surface area contributed by atoms with Crippen molar-refractivity contribution in [2.45, 2.75) is 64.5 Å². The van der Waals surface area contributed by atoms with E-state index in [2.05, 4.69) is 24.1 Å². The molecule has 1 atom stereocenters. The summed E-state index contributed by atoms with van der Waals surface area (Å²) in [7, 11) is 0. The highest BCUT2D eigenvalue weighted by molar-refractivity contribution is 6.07. The van der Waals surface area contributed by atoms with Gasteiger partial charge in [0.2, 0.25) is 5.91 Å². The summed E-state index contributed by atoms with van der Waals surface area (Å²) in [5.74, 6) is 0.550. The van der Waals surface area contributed by atoms with Gasteiger partial charge in [0.1, 0.15) is 5.54 Å². The number of likely N-dealkylation sites (tertiary alicyclic amines) is 2. The number of aryl methyl sites for hydroxylation is 1. The zero-order chi connectivity index (χ0) is 22.9. The van der Waals surface area contributed by atoms with Gasteiger partial charge in [-0.25, -0.2) is 4.79 Å². The maximum Gasteiger partial charge on any atom is 0.325 e. The molecule has 1 unspecified atom stereocenters. The zero-order valence-corrected chi connectivity index (χ0v) is 19.6. The SMILES string of the molecule is Cc1cccc(CC(=O)N2CCCC(N3C(=O)NC4(CCN(CC(C)C)CC4)C3=O)C2)c1. The number of carbonyl (C=O) groups is 3. The van der Waals surface area contributed by atoms with Crippen LogP contribution in [0.1, 0.15) is 50.7 Å². The molecule has 4 amide bonds. The molecule has 32 heavy (non-hydrogen) atoms. The molecule has 7 heteroatoms.